The molecule has 1 nitrogen and oxygen atoms in total. The Bertz CT molecular complexity index is 917. The van der Waals surface area contributed by atoms with Crippen LogP contribution in [0, 0.1) is 23.6 Å². The largest absolute Gasteiger partial charge is 0.486 e. The molecule has 4 unspecified atom stereocenters. The zero-order chi connectivity index (χ0) is 23.0. The van der Waals surface area contributed by atoms with E-state index in [1.54, 1.807) is 6.07 Å². The molecule has 4 rings (SSSR count). The number of hydrogen-bond acceptors (Lipinski definition) is 1. The van der Waals surface area contributed by atoms with E-state index >= 15 is 0 Å². The molecule has 0 amide bonds. The standard InChI is InChI=1S/C31H43FO/c1-3-5-7-8-9-10-23-11-12-25-21-26(14-13-24(25)20-23)27-15-17-29-28(22-27)16-18-30(31(29)32)33-19-6-4-2/h4,6,15-18,22-26H,3,5,7-14,19-21H2,1-2H3/b6-4+. The third-order valence-electron chi connectivity index (χ3n) is 8.42. The number of allylic oxidation sites excluding steroid dienone is 1. The first-order chi connectivity index (χ1) is 16.2. The van der Waals surface area contributed by atoms with E-state index in [2.05, 4.69) is 19.1 Å². The molecular weight excluding hydrogens is 407 g/mol. The molecule has 0 radical (unpaired) electrons. The number of fused-ring (bicyclic) bond motifs is 2. The fraction of sp³-hybridized carbons (Fsp3) is 0.613. The monoisotopic (exact) mass is 450 g/mol. The van der Waals surface area contributed by atoms with Crippen LogP contribution in [0.4, 0.5) is 4.39 Å². The van der Waals surface area contributed by atoms with E-state index in [4.69, 9.17) is 4.74 Å². The lowest BCUT2D eigenvalue weighted by Crippen LogP contribution is -2.30. The molecule has 0 saturated heterocycles. The maximum absolute atomic E-state index is 14.9. The Hall–Kier alpha value is -1.83. The minimum atomic E-state index is -0.236. The Morgan fingerprint density at radius 1 is 0.939 bits per heavy atom. The molecule has 33 heavy (non-hydrogen) atoms. The Kier molecular flexibility index (Phi) is 8.87. The maximum atomic E-state index is 14.9. The van der Waals surface area contributed by atoms with Crippen LogP contribution in [0.15, 0.2) is 42.5 Å². The van der Waals surface area contributed by atoms with Crippen molar-refractivity contribution in [2.75, 3.05) is 6.61 Å². The molecule has 2 aliphatic carbocycles. The summed E-state index contributed by atoms with van der Waals surface area (Å²) in [6.07, 6.45) is 20.7. The molecule has 2 heteroatoms. The van der Waals surface area contributed by atoms with Crippen LogP contribution >= 0.6 is 0 Å². The van der Waals surface area contributed by atoms with Crippen molar-refractivity contribution >= 4 is 10.8 Å². The van der Waals surface area contributed by atoms with Gasteiger partial charge in [-0.3, -0.25) is 0 Å². The molecule has 2 aromatic rings. The van der Waals surface area contributed by atoms with Gasteiger partial charge < -0.3 is 4.74 Å². The van der Waals surface area contributed by atoms with E-state index in [-0.39, 0.29) is 5.82 Å². The van der Waals surface area contributed by atoms with Gasteiger partial charge in [-0.1, -0.05) is 88.3 Å². The van der Waals surface area contributed by atoms with E-state index in [0.29, 0.717) is 23.7 Å². The Morgan fingerprint density at radius 2 is 1.76 bits per heavy atom. The fourth-order valence-corrected chi connectivity index (χ4v) is 6.48. The third-order valence-corrected chi connectivity index (χ3v) is 8.42. The van der Waals surface area contributed by atoms with Gasteiger partial charge in [0, 0.05) is 5.39 Å². The van der Waals surface area contributed by atoms with Crippen molar-refractivity contribution in [3.05, 3.63) is 53.9 Å². The highest BCUT2D eigenvalue weighted by Gasteiger charge is 2.35. The molecule has 0 bridgehead atoms. The second-order valence-corrected chi connectivity index (χ2v) is 10.7. The summed E-state index contributed by atoms with van der Waals surface area (Å²) in [5.74, 6) is 3.57. The van der Waals surface area contributed by atoms with Gasteiger partial charge in [0.15, 0.2) is 11.6 Å². The summed E-state index contributed by atoms with van der Waals surface area (Å²) in [5.41, 5.74) is 1.40. The van der Waals surface area contributed by atoms with Crippen molar-refractivity contribution < 1.29 is 9.13 Å². The first kappa shape index (κ1) is 24.3. The Balaban J connectivity index is 1.33. The van der Waals surface area contributed by atoms with Crippen LogP contribution in [0.1, 0.15) is 102 Å². The molecular formula is C31H43FO. The van der Waals surface area contributed by atoms with Crippen molar-refractivity contribution in [1.29, 1.82) is 0 Å². The summed E-state index contributed by atoms with van der Waals surface area (Å²) in [6.45, 7) is 4.64. The van der Waals surface area contributed by atoms with Crippen molar-refractivity contribution in [2.45, 2.75) is 96.8 Å². The van der Waals surface area contributed by atoms with Gasteiger partial charge in [-0.25, -0.2) is 4.39 Å². The summed E-state index contributed by atoms with van der Waals surface area (Å²) >= 11 is 0. The van der Waals surface area contributed by atoms with Crippen molar-refractivity contribution in [2.24, 2.45) is 17.8 Å². The van der Waals surface area contributed by atoms with Crippen LogP contribution < -0.4 is 4.74 Å². The summed E-state index contributed by atoms with van der Waals surface area (Å²) in [5, 5.41) is 1.67. The van der Waals surface area contributed by atoms with Gasteiger partial charge in [0.05, 0.1) is 0 Å². The van der Waals surface area contributed by atoms with E-state index in [1.165, 1.54) is 82.6 Å². The van der Waals surface area contributed by atoms with E-state index < -0.39 is 0 Å². The van der Waals surface area contributed by atoms with Crippen LogP contribution in [0.3, 0.4) is 0 Å². The molecule has 180 valence electrons. The summed E-state index contributed by atoms with van der Waals surface area (Å²) in [6, 6.07) is 10.2. The topological polar surface area (TPSA) is 9.23 Å². The molecule has 0 N–H and O–H groups in total. The van der Waals surface area contributed by atoms with Crippen LogP contribution in [-0.2, 0) is 0 Å². The maximum Gasteiger partial charge on any atom is 0.172 e. The predicted octanol–water partition coefficient (Wildman–Crippen LogP) is 9.59. The van der Waals surface area contributed by atoms with Gasteiger partial charge in [0.25, 0.3) is 0 Å². The zero-order valence-corrected chi connectivity index (χ0v) is 20.8. The number of ether oxygens (including phenoxy) is 1. The summed E-state index contributed by atoms with van der Waals surface area (Å²) in [7, 11) is 0. The molecule has 2 fully saturated rings. The fourth-order valence-electron chi connectivity index (χ4n) is 6.48. The molecule has 0 aliphatic heterocycles. The molecule has 0 heterocycles. The van der Waals surface area contributed by atoms with E-state index in [9.17, 15) is 4.39 Å². The average Bonchev–Trinajstić information content (AvgIpc) is 2.85. The molecule has 2 aliphatic rings. The third kappa shape index (κ3) is 6.19. The lowest BCUT2D eigenvalue weighted by Gasteiger charge is -2.42. The lowest BCUT2D eigenvalue weighted by atomic mass is 9.63. The zero-order valence-electron chi connectivity index (χ0n) is 20.8. The number of rotatable bonds is 10. The van der Waals surface area contributed by atoms with Gasteiger partial charge in [0.1, 0.15) is 6.61 Å². The van der Waals surface area contributed by atoms with Crippen LogP contribution in [0.25, 0.3) is 10.8 Å². The first-order valence-electron chi connectivity index (χ1n) is 13.7. The molecule has 0 aromatic heterocycles. The minimum absolute atomic E-state index is 0.236. The van der Waals surface area contributed by atoms with Gasteiger partial charge in [-0.05, 0) is 79.7 Å². The predicted molar refractivity (Wildman–Crippen MR) is 139 cm³/mol. The van der Waals surface area contributed by atoms with Crippen molar-refractivity contribution in [3.63, 3.8) is 0 Å². The number of benzene rings is 2. The first-order valence-corrected chi connectivity index (χ1v) is 13.7. The van der Waals surface area contributed by atoms with Gasteiger partial charge in [-0.2, -0.15) is 0 Å². The molecule has 0 spiro atoms. The van der Waals surface area contributed by atoms with Crippen LogP contribution in [-0.4, -0.2) is 6.61 Å². The van der Waals surface area contributed by atoms with E-state index in [0.717, 1.165) is 23.1 Å². The second kappa shape index (κ2) is 12.0. The van der Waals surface area contributed by atoms with E-state index in [1.807, 2.05) is 31.2 Å². The van der Waals surface area contributed by atoms with Crippen LogP contribution in [0.5, 0.6) is 5.75 Å². The normalized spacial score (nSPS) is 25.4. The second-order valence-electron chi connectivity index (χ2n) is 10.7. The minimum Gasteiger partial charge on any atom is -0.486 e. The smallest absolute Gasteiger partial charge is 0.172 e. The quantitative estimate of drug-likeness (QED) is 0.258. The van der Waals surface area contributed by atoms with Gasteiger partial charge in [0.2, 0.25) is 0 Å². The highest BCUT2D eigenvalue weighted by Crippen LogP contribution is 2.48. The molecule has 2 saturated carbocycles. The van der Waals surface area contributed by atoms with Gasteiger partial charge >= 0.3 is 0 Å². The molecule has 2 aromatic carbocycles. The Labute approximate surface area is 200 Å². The number of unbranched alkanes of at least 4 members (excludes halogenated alkanes) is 4. The Morgan fingerprint density at radius 3 is 2.61 bits per heavy atom. The van der Waals surface area contributed by atoms with Crippen molar-refractivity contribution in [3.8, 4) is 5.75 Å². The lowest BCUT2D eigenvalue weighted by molar-refractivity contribution is 0.113. The van der Waals surface area contributed by atoms with Gasteiger partial charge in [-0.15, -0.1) is 0 Å². The van der Waals surface area contributed by atoms with Crippen molar-refractivity contribution in [1.82, 2.24) is 0 Å². The summed E-state index contributed by atoms with van der Waals surface area (Å²) in [4.78, 5) is 0. The molecule has 4 atom stereocenters. The van der Waals surface area contributed by atoms with Crippen LogP contribution in [0.2, 0.25) is 0 Å². The highest BCUT2D eigenvalue weighted by molar-refractivity contribution is 5.85. The SMILES string of the molecule is C/C=C/COc1ccc2cc(C3CCC4CC(CCCCCCC)CCC4C3)ccc2c1F. The number of hydrogen-bond donors (Lipinski definition) is 0. The number of halogens is 1. The average molecular weight is 451 g/mol. The summed E-state index contributed by atoms with van der Waals surface area (Å²) < 4.78 is 20.5. The highest BCUT2D eigenvalue weighted by atomic mass is 19.1.